The van der Waals surface area contributed by atoms with Crippen LogP contribution in [-0.2, 0) is 19.3 Å². The van der Waals surface area contributed by atoms with Crippen molar-refractivity contribution in [2.24, 2.45) is 0 Å². The van der Waals surface area contributed by atoms with Gasteiger partial charge < -0.3 is 0 Å². The summed E-state index contributed by atoms with van der Waals surface area (Å²) in [6.45, 7) is 4.45. The Morgan fingerprint density at radius 2 is 1.24 bits per heavy atom. The highest BCUT2D eigenvalue weighted by molar-refractivity contribution is 7.86. The first-order chi connectivity index (χ1) is 12.1. The van der Waals surface area contributed by atoms with Crippen LogP contribution >= 0.6 is 0 Å². The molecule has 0 saturated heterocycles. The van der Waals surface area contributed by atoms with Crippen molar-refractivity contribution in [3.63, 3.8) is 0 Å². The predicted octanol–water partition coefficient (Wildman–Crippen LogP) is 5.94. The van der Waals surface area contributed by atoms with Gasteiger partial charge in [0.15, 0.2) is 0 Å². The number of aryl methyl sites for hydroxylation is 1. The molecule has 5 heteroatoms. The van der Waals surface area contributed by atoms with Gasteiger partial charge in [0.05, 0.1) is 11.5 Å². The smallest absolute Gasteiger partial charge is 0.220 e. The summed E-state index contributed by atoms with van der Waals surface area (Å²) in [6, 6.07) is 6.52. The van der Waals surface area contributed by atoms with Crippen molar-refractivity contribution in [1.82, 2.24) is 0 Å². The minimum Gasteiger partial charge on any atom is -0.220 e. The van der Waals surface area contributed by atoms with E-state index >= 15 is 0 Å². The van der Waals surface area contributed by atoms with E-state index in [1.807, 2.05) is 6.92 Å². The number of benzene rings is 1. The lowest BCUT2D eigenvalue weighted by Crippen LogP contribution is -2.08. The summed E-state index contributed by atoms with van der Waals surface area (Å²) >= 11 is 0. The molecule has 0 amide bonds. The standard InChI is InChI=1S/C20H34O4S/c1-3-4-5-6-7-8-9-10-11-12-13-18-23-24-25(21,22)20-16-14-19(2)15-17-20/h14-17H,3-13,18H2,1-2H3. The van der Waals surface area contributed by atoms with Gasteiger partial charge in [-0.3, -0.25) is 0 Å². The van der Waals surface area contributed by atoms with Gasteiger partial charge in [-0.15, -0.1) is 4.33 Å². The number of unbranched alkanes of at least 4 members (excludes halogenated alkanes) is 10. The van der Waals surface area contributed by atoms with E-state index in [4.69, 9.17) is 4.89 Å². The van der Waals surface area contributed by atoms with Gasteiger partial charge in [0.1, 0.15) is 0 Å². The lowest BCUT2D eigenvalue weighted by molar-refractivity contribution is -0.202. The zero-order chi connectivity index (χ0) is 18.4. The Labute approximate surface area is 154 Å². The molecular formula is C20H34O4S. The summed E-state index contributed by atoms with van der Waals surface area (Å²) in [5.74, 6) is 0. The third-order valence-electron chi connectivity index (χ3n) is 4.28. The van der Waals surface area contributed by atoms with E-state index in [1.165, 1.54) is 69.9 Å². The summed E-state index contributed by atoms with van der Waals surface area (Å²) in [4.78, 5) is 5.00. The molecule has 0 aliphatic heterocycles. The number of rotatable bonds is 15. The van der Waals surface area contributed by atoms with E-state index in [0.29, 0.717) is 6.61 Å². The molecule has 0 heterocycles. The second-order valence-corrected chi connectivity index (χ2v) is 8.21. The largest absolute Gasteiger partial charge is 0.323 e. The van der Waals surface area contributed by atoms with E-state index in [-0.39, 0.29) is 4.90 Å². The molecular weight excluding hydrogens is 336 g/mol. The lowest BCUT2D eigenvalue weighted by Gasteiger charge is -2.05. The molecule has 0 bridgehead atoms. The highest BCUT2D eigenvalue weighted by Gasteiger charge is 2.15. The van der Waals surface area contributed by atoms with E-state index in [1.54, 1.807) is 12.1 Å². The molecule has 0 saturated carbocycles. The molecule has 0 radical (unpaired) electrons. The molecule has 1 aromatic carbocycles. The monoisotopic (exact) mass is 370 g/mol. The highest BCUT2D eigenvalue weighted by atomic mass is 32.2. The zero-order valence-corrected chi connectivity index (χ0v) is 16.7. The maximum atomic E-state index is 11.9. The number of hydrogen-bond acceptors (Lipinski definition) is 4. The second-order valence-electron chi connectivity index (χ2n) is 6.69. The topological polar surface area (TPSA) is 52.6 Å². The van der Waals surface area contributed by atoms with Crippen LogP contribution in [0.4, 0.5) is 0 Å². The van der Waals surface area contributed by atoms with Crippen LogP contribution in [0.3, 0.4) is 0 Å². The highest BCUT2D eigenvalue weighted by Crippen LogP contribution is 2.14. The van der Waals surface area contributed by atoms with Crippen molar-refractivity contribution in [1.29, 1.82) is 0 Å². The predicted molar refractivity (Wildman–Crippen MR) is 102 cm³/mol. The van der Waals surface area contributed by atoms with Crippen LogP contribution in [0.2, 0.25) is 0 Å². The van der Waals surface area contributed by atoms with Crippen LogP contribution in [0, 0.1) is 6.92 Å². The molecule has 0 unspecified atom stereocenters. The summed E-state index contributed by atoms with van der Waals surface area (Å²) in [6.07, 6.45) is 13.7. The molecule has 0 atom stereocenters. The molecule has 0 N–H and O–H groups in total. The van der Waals surface area contributed by atoms with Crippen molar-refractivity contribution < 1.29 is 17.6 Å². The SMILES string of the molecule is CCCCCCCCCCCCCOOS(=O)(=O)c1ccc(C)cc1. The van der Waals surface area contributed by atoms with Crippen LogP contribution in [0.25, 0.3) is 0 Å². The van der Waals surface area contributed by atoms with Gasteiger partial charge in [-0.2, -0.15) is 8.42 Å². The Bertz CT molecular complexity index is 537. The average molecular weight is 371 g/mol. The van der Waals surface area contributed by atoms with Crippen LogP contribution in [-0.4, -0.2) is 15.0 Å². The first kappa shape index (κ1) is 22.1. The van der Waals surface area contributed by atoms with Gasteiger partial charge in [-0.25, -0.2) is 4.89 Å². The fraction of sp³-hybridized carbons (Fsp3) is 0.700. The van der Waals surface area contributed by atoms with E-state index in [0.717, 1.165) is 18.4 Å². The quantitative estimate of drug-likeness (QED) is 0.218. The Morgan fingerprint density at radius 3 is 1.76 bits per heavy atom. The van der Waals surface area contributed by atoms with Gasteiger partial charge in [-0.1, -0.05) is 88.8 Å². The summed E-state index contributed by atoms with van der Waals surface area (Å²) < 4.78 is 28.4. The molecule has 0 aromatic heterocycles. The Kier molecular flexibility index (Phi) is 11.8. The molecule has 1 rings (SSSR count). The molecule has 144 valence electrons. The van der Waals surface area contributed by atoms with Crippen molar-refractivity contribution in [3.05, 3.63) is 29.8 Å². The second kappa shape index (κ2) is 13.3. The van der Waals surface area contributed by atoms with Gasteiger partial charge in [0.25, 0.3) is 0 Å². The third kappa shape index (κ3) is 10.6. The zero-order valence-electron chi connectivity index (χ0n) is 15.8. The van der Waals surface area contributed by atoms with Gasteiger partial charge in [0.2, 0.25) is 0 Å². The Hall–Kier alpha value is -0.910. The Balaban J connectivity index is 1.97. The first-order valence-corrected chi connectivity index (χ1v) is 11.1. The molecule has 0 aliphatic rings. The summed E-state index contributed by atoms with van der Waals surface area (Å²) in [5.41, 5.74) is 1.00. The molecule has 4 nitrogen and oxygen atoms in total. The van der Waals surface area contributed by atoms with E-state index in [9.17, 15) is 8.42 Å². The van der Waals surface area contributed by atoms with Gasteiger partial charge >= 0.3 is 10.1 Å². The normalized spacial score (nSPS) is 11.8. The van der Waals surface area contributed by atoms with Crippen molar-refractivity contribution in [2.75, 3.05) is 6.61 Å². The van der Waals surface area contributed by atoms with Crippen molar-refractivity contribution in [3.8, 4) is 0 Å². The average Bonchev–Trinajstić information content (AvgIpc) is 2.59. The molecule has 25 heavy (non-hydrogen) atoms. The third-order valence-corrected chi connectivity index (χ3v) is 5.40. The maximum Gasteiger partial charge on any atom is 0.323 e. The van der Waals surface area contributed by atoms with Gasteiger partial charge in [-0.05, 0) is 25.5 Å². The van der Waals surface area contributed by atoms with Crippen LogP contribution in [0.1, 0.15) is 83.1 Å². The summed E-state index contributed by atoms with van der Waals surface area (Å²) in [5, 5.41) is 0. The van der Waals surface area contributed by atoms with Crippen LogP contribution in [0.5, 0.6) is 0 Å². The van der Waals surface area contributed by atoms with Crippen molar-refractivity contribution in [2.45, 2.75) is 89.4 Å². The molecule has 0 aliphatic carbocycles. The molecule has 1 aromatic rings. The van der Waals surface area contributed by atoms with Gasteiger partial charge in [0, 0.05) is 0 Å². The minimum atomic E-state index is -3.81. The van der Waals surface area contributed by atoms with Crippen LogP contribution < -0.4 is 0 Å². The lowest BCUT2D eigenvalue weighted by atomic mass is 10.1. The fourth-order valence-electron chi connectivity index (χ4n) is 2.67. The van der Waals surface area contributed by atoms with Crippen molar-refractivity contribution >= 4 is 10.1 Å². The van der Waals surface area contributed by atoms with E-state index < -0.39 is 10.1 Å². The van der Waals surface area contributed by atoms with E-state index in [2.05, 4.69) is 11.3 Å². The van der Waals surface area contributed by atoms with Crippen LogP contribution in [0.15, 0.2) is 29.2 Å². The minimum absolute atomic E-state index is 0.122. The fourth-order valence-corrected chi connectivity index (χ4v) is 3.41. The Morgan fingerprint density at radius 1 is 0.760 bits per heavy atom. The molecule has 0 fully saturated rings. The molecule has 0 spiro atoms. The summed E-state index contributed by atoms with van der Waals surface area (Å²) in [7, 11) is -3.81. The first-order valence-electron chi connectivity index (χ1n) is 9.69. The number of hydrogen-bond donors (Lipinski definition) is 0. The maximum absolute atomic E-state index is 11.9.